The standard InChI is InChI=1S/C16H21N5O3S.ClH/c1-3-11-13(15(23)24-2)25-16(18-11)19-14(22)12-6-8-21(20-12)10-5-4-7-17-9-10;/h6,8,10,17H,3-5,7,9H2,1-2H3,(H,18,19,22);1H. The molecule has 1 saturated heterocycles. The molecule has 2 N–H and O–H groups in total. The van der Waals surface area contributed by atoms with Crippen LogP contribution in [0, 0.1) is 0 Å². The monoisotopic (exact) mass is 399 g/mol. The van der Waals surface area contributed by atoms with Crippen molar-refractivity contribution in [3.63, 3.8) is 0 Å². The zero-order chi connectivity index (χ0) is 17.8. The van der Waals surface area contributed by atoms with Crippen LogP contribution in [0.3, 0.4) is 0 Å². The van der Waals surface area contributed by atoms with Crippen molar-refractivity contribution >= 4 is 40.8 Å². The summed E-state index contributed by atoms with van der Waals surface area (Å²) in [6, 6.07) is 1.97. The second-order valence-electron chi connectivity index (χ2n) is 5.78. The molecule has 142 valence electrons. The number of amides is 1. The Kier molecular flexibility index (Phi) is 7.13. The van der Waals surface area contributed by atoms with Gasteiger partial charge in [-0.3, -0.25) is 14.8 Å². The number of nitrogens with one attached hydrogen (secondary N) is 2. The third kappa shape index (κ3) is 4.40. The molecule has 0 radical (unpaired) electrons. The van der Waals surface area contributed by atoms with Crippen LogP contribution in [0.1, 0.15) is 51.7 Å². The van der Waals surface area contributed by atoms with Crippen molar-refractivity contribution < 1.29 is 14.3 Å². The van der Waals surface area contributed by atoms with E-state index in [4.69, 9.17) is 4.74 Å². The normalized spacial score (nSPS) is 16.6. The predicted molar refractivity (Wildman–Crippen MR) is 101 cm³/mol. The highest BCUT2D eigenvalue weighted by molar-refractivity contribution is 7.17. The summed E-state index contributed by atoms with van der Waals surface area (Å²) in [5.41, 5.74) is 0.949. The van der Waals surface area contributed by atoms with E-state index < -0.39 is 5.97 Å². The number of carbonyl (C=O) groups excluding carboxylic acids is 2. The molecule has 2 aromatic rings. The van der Waals surface area contributed by atoms with E-state index in [9.17, 15) is 9.59 Å². The number of thiazole rings is 1. The third-order valence-electron chi connectivity index (χ3n) is 4.11. The van der Waals surface area contributed by atoms with E-state index in [2.05, 4.69) is 20.7 Å². The highest BCUT2D eigenvalue weighted by Crippen LogP contribution is 2.25. The molecule has 0 aliphatic carbocycles. The smallest absolute Gasteiger partial charge is 0.350 e. The van der Waals surface area contributed by atoms with E-state index in [1.54, 1.807) is 6.07 Å². The molecule has 0 saturated carbocycles. The molecule has 0 spiro atoms. The summed E-state index contributed by atoms with van der Waals surface area (Å²) in [5, 5.41) is 10.8. The van der Waals surface area contributed by atoms with Gasteiger partial charge in [0.1, 0.15) is 4.88 Å². The minimum absolute atomic E-state index is 0. The topological polar surface area (TPSA) is 98.1 Å². The number of anilines is 1. The second kappa shape index (κ2) is 9.11. The molecule has 1 aliphatic rings. The van der Waals surface area contributed by atoms with Gasteiger partial charge in [-0.15, -0.1) is 12.4 Å². The van der Waals surface area contributed by atoms with Crippen molar-refractivity contribution in [1.82, 2.24) is 20.1 Å². The number of aromatic nitrogens is 3. The maximum Gasteiger partial charge on any atom is 0.350 e. The molecule has 0 bridgehead atoms. The van der Waals surface area contributed by atoms with E-state index in [1.165, 1.54) is 7.11 Å². The van der Waals surface area contributed by atoms with Crippen LogP contribution in [0.15, 0.2) is 12.3 Å². The fourth-order valence-electron chi connectivity index (χ4n) is 2.78. The highest BCUT2D eigenvalue weighted by atomic mass is 35.5. The van der Waals surface area contributed by atoms with Crippen LogP contribution in [0.25, 0.3) is 0 Å². The number of nitrogens with zero attached hydrogens (tertiary/aromatic N) is 3. The van der Waals surface area contributed by atoms with Crippen LogP contribution in [-0.2, 0) is 11.2 Å². The van der Waals surface area contributed by atoms with Crippen molar-refractivity contribution in [2.24, 2.45) is 0 Å². The Balaban J connectivity index is 0.00000243. The summed E-state index contributed by atoms with van der Waals surface area (Å²) in [6.45, 7) is 3.78. The lowest BCUT2D eigenvalue weighted by Crippen LogP contribution is -2.32. The van der Waals surface area contributed by atoms with Crippen LogP contribution < -0.4 is 10.6 Å². The quantitative estimate of drug-likeness (QED) is 0.748. The minimum Gasteiger partial charge on any atom is -0.465 e. The van der Waals surface area contributed by atoms with E-state index in [0.717, 1.165) is 37.3 Å². The van der Waals surface area contributed by atoms with E-state index in [-0.39, 0.29) is 24.4 Å². The molecule has 1 unspecified atom stereocenters. The van der Waals surface area contributed by atoms with Crippen molar-refractivity contribution in [3.05, 3.63) is 28.5 Å². The predicted octanol–water partition coefficient (Wildman–Crippen LogP) is 2.29. The number of ether oxygens (including phenoxy) is 1. The fraction of sp³-hybridized carbons (Fsp3) is 0.500. The molecule has 3 heterocycles. The van der Waals surface area contributed by atoms with E-state index >= 15 is 0 Å². The summed E-state index contributed by atoms with van der Waals surface area (Å²) in [6.07, 6.45) is 4.55. The Hall–Kier alpha value is -1.97. The lowest BCUT2D eigenvalue weighted by Gasteiger charge is -2.22. The first kappa shape index (κ1) is 20.3. The minimum atomic E-state index is -0.441. The molecular weight excluding hydrogens is 378 g/mol. The third-order valence-corrected chi connectivity index (χ3v) is 5.10. The summed E-state index contributed by atoms with van der Waals surface area (Å²) in [7, 11) is 1.33. The van der Waals surface area contributed by atoms with Gasteiger partial charge < -0.3 is 10.1 Å². The lowest BCUT2D eigenvalue weighted by molar-refractivity contribution is 0.0604. The van der Waals surface area contributed by atoms with Gasteiger partial charge in [-0.2, -0.15) is 5.10 Å². The Morgan fingerprint density at radius 1 is 1.50 bits per heavy atom. The molecule has 26 heavy (non-hydrogen) atoms. The largest absolute Gasteiger partial charge is 0.465 e. The molecule has 3 rings (SSSR count). The number of rotatable bonds is 5. The van der Waals surface area contributed by atoms with Crippen molar-refractivity contribution in [2.45, 2.75) is 32.2 Å². The van der Waals surface area contributed by atoms with Gasteiger partial charge in [0.2, 0.25) is 0 Å². The maximum atomic E-state index is 12.4. The molecule has 0 aromatic carbocycles. The Bertz CT molecular complexity index is 770. The van der Waals surface area contributed by atoms with Crippen LogP contribution in [-0.4, -0.2) is 46.8 Å². The molecule has 1 atom stereocenters. The van der Waals surface area contributed by atoms with Gasteiger partial charge in [-0.1, -0.05) is 18.3 Å². The SMILES string of the molecule is CCc1nc(NC(=O)c2ccn(C3CCCNC3)n2)sc1C(=O)OC.Cl. The first-order chi connectivity index (χ1) is 12.1. The number of halogens is 1. The summed E-state index contributed by atoms with van der Waals surface area (Å²) in [4.78, 5) is 28.9. The van der Waals surface area contributed by atoms with Gasteiger partial charge in [0.15, 0.2) is 10.8 Å². The summed E-state index contributed by atoms with van der Waals surface area (Å²) < 4.78 is 6.58. The Labute approximate surface area is 161 Å². The maximum absolute atomic E-state index is 12.4. The molecule has 1 aliphatic heterocycles. The van der Waals surface area contributed by atoms with Gasteiger partial charge in [0.05, 0.1) is 18.8 Å². The zero-order valence-corrected chi connectivity index (χ0v) is 16.3. The first-order valence-electron chi connectivity index (χ1n) is 8.27. The number of carbonyl (C=O) groups is 2. The first-order valence-corrected chi connectivity index (χ1v) is 9.09. The van der Waals surface area contributed by atoms with Crippen molar-refractivity contribution in [3.8, 4) is 0 Å². The van der Waals surface area contributed by atoms with Crippen LogP contribution in [0.5, 0.6) is 0 Å². The second-order valence-corrected chi connectivity index (χ2v) is 6.77. The number of hydrogen-bond donors (Lipinski definition) is 2. The van der Waals surface area contributed by atoms with E-state index in [0.29, 0.717) is 27.8 Å². The fourth-order valence-corrected chi connectivity index (χ4v) is 3.75. The molecule has 8 nitrogen and oxygen atoms in total. The molecule has 10 heteroatoms. The molecule has 2 aromatic heterocycles. The highest BCUT2D eigenvalue weighted by Gasteiger charge is 2.21. The lowest BCUT2D eigenvalue weighted by atomic mass is 10.1. The molecule has 1 amide bonds. The number of methoxy groups -OCH3 is 1. The number of aryl methyl sites for hydroxylation is 1. The van der Waals surface area contributed by atoms with Crippen molar-refractivity contribution in [1.29, 1.82) is 0 Å². The summed E-state index contributed by atoms with van der Waals surface area (Å²) in [5.74, 6) is -0.778. The van der Waals surface area contributed by atoms with E-state index in [1.807, 2.05) is 17.8 Å². The summed E-state index contributed by atoms with van der Waals surface area (Å²) >= 11 is 1.11. The average Bonchev–Trinajstić information content (AvgIpc) is 3.29. The number of esters is 1. The van der Waals surface area contributed by atoms with Gasteiger partial charge in [-0.25, -0.2) is 9.78 Å². The number of piperidine rings is 1. The van der Waals surface area contributed by atoms with Gasteiger partial charge in [0, 0.05) is 12.7 Å². The van der Waals surface area contributed by atoms with Gasteiger partial charge in [0.25, 0.3) is 5.91 Å². The van der Waals surface area contributed by atoms with Crippen LogP contribution in [0.2, 0.25) is 0 Å². The van der Waals surface area contributed by atoms with Crippen LogP contribution >= 0.6 is 23.7 Å². The number of hydrogen-bond acceptors (Lipinski definition) is 7. The van der Waals surface area contributed by atoms with Gasteiger partial charge >= 0.3 is 5.97 Å². The van der Waals surface area contributed by atoms with Crippen LogP contribution in [0.4, 0.5) is 5.13 Å². The zero-order valence-electron chi connectivity index (χ0n) is 14.7. The average molecular weight is 400 g/mol. The van der Waals surface area contributed by atoms with Gasteiger partial charge in [-0.05, 0) is 31.9 Å². The molecule has 1 fully saturated rings. The Morgan fingerprint density at radius 3 is 2.96 bits per heavy atom. The van der Waals surface area contributed by atoms with Crippen molar-refractivity contribution in [2.75, 3.05) is 25.5 Å². The molecular formula is C16H22ClN5O3S. The Morgan fingerprint density at radius 2 is 2.31 bits per heavy atom.